The summed E-state index contributed by atoms with van der Waals surface area (Å²) in [6, 6.07) is 96.2. The van der Waals surface area contributed by atoms with Crippen LogP contribution in [0.1, 0.15) is 27.8 Å². The molecule has 0 amide bonds. The van der Waals surface area contributed by atoms with Crippen molar-refractivity contribution in [1.82, 2.24) is 37.8 Å². The van der Waals surface area contributed by atoms with Gasteiger partial charge in [-0.15, -0.1) is 0 Å². The number of hydrogen-bond acceptors (Lipinski definition) is 5. The highest BCUT2D eigenvalue weighted by molar-refractivity contribution is 6.14. The number of rotatable bonds is 5. The highest BCUT2D eigenvalue weighted by Gasteiger charge is 2.54. The normalized spacial score (nSPS) is 13.1. The van der Waals surface area contributed by atoms with Crippen LogP contribution in [0.3, 0.4) is 0 Å². The number of aromatic nitrogens is 8. The molecule has 0 radical (unpaired) electrons. The molecular weight excluding hydrogens is 1140 g/mol. The van der Waals surface area contributed by atoms with Gasteiger partial charge in [0.05, 0.1) is 114 Å². The third-order valence-corrected chi connectivity index (χ3v) is 20.1. The minimum absolute atomic E-state index is 0.609. The molecule has 8 aromatic heterocycles. The second-order valence-corrected chi connectivity index (χ2v) is 24.6. The van der Waals surface area contributed by atoms with Crippen molar-refractivity contribution in [3.05, 3.63) is 313 Å². The van der Waals surface area contributed by atoms with Gasteiger partial charge < -0.3 is 27.6 Å². The average Bonchev–Trinajstić information content (AvgIpc) is 1.56. The van der Waals surface area contributed by atoms with Gasteiger partial charge in [-0.2, -0.15) is 5.26 Å². The molecule has 21 rings (SSSR count). The quantitative estimate of drug-likeness (QED) is 0.171. The fourth-order valence-electron chi connectivity index (χ4n) is 16.4. The number of pyridine rings is 3. The second-order valence-electron chi connectivity index (χ2n) is 24.6. The van der Waals surface area contributed by atoms with Gasteiger partial charge >= 0.3 is 0 Å². The summed E-state index contributed by atoms with van der Waals surface area (Å²) in [4.78, 5) is 16.0. The van der Waals surface area contributed by atoms with E-state index in [0.717, 1.165) is 156 Å². The molecule has 430 valence electrons. The van der Waals surface area contributed by atoms with Crippen molar-refractivity contribution in [2.75, 3.05) is 0 Å². The molecule has 0 unspecified atom stereocenters. The fraction of sp³-hybridized carbons (Fsp3) is 0.0120. The standard InChI is InChI=1S/C83H47N9O/c84-45-49-29-33-76-63(39-49)60-20-6-13-27-74(60)88(76)51-31-35-79-65(41-51)83(66-42-52(32-36-80(66)93-79)89-75-28-14-7-21-61(75)64-40-50(30-34-77(64)89)90-69-22-8-5-19-59(69)62-37-38-85-48-78(62)90)67-43-53(91-70-23-9-1-15-55(70)56-16-2-10-24-71(56)91)46-86-81(67)82-68(83)44-54(47-87-82)92-72-25-11-3-17-57(72)58-18-4-12-26-73(58)92/h1-44,46-48H. The van der Waals surface area contributed by atoms with Crippen molar-refractivity contribution in [2.45, 2.75) is 5.41 Å². The zero-order valence-corrected chi connectivity index (χ0v) is 49.6. The van der Waals surface area contributed by atoms with Crippen LogP contribution in [-0.4, -0.2) is 37.8 Å². The Hall–Kier alpha value is -12.8. The first-order valence-electron chi connectivity index (χ1n) is 31.4. The van der Waals surface area contributed by atoms with Gasteiger partial charge in [-0.05, 0) is 133 Å². The number of fused-ring (bicyclic) bond motifs is 24. The molecule has 0 N–H and O–H groups in total. The molecule has 9 heterocycles. The monoisotopic (exact) mass is 1190 g/mol. The Balaban J connectivity index is 0.884. The Bertz CT molecular complexity index is 6260. The highest BCUT2D eigenvalue weighted by Crippen LogP contribution is 2.63. The Morgan fingerprint density at radius 2 is 0.624 bits per heavy atom. The van der Waals surface area contributed by atoms with Gasteiger partial charge in [-0.3, -0.25) is 15.0 Å². The van der Waals surface area contributed by atoms with E-state index in [4.69, 9.17) is 14.7 Å². The zero-order chi connectivity index (χ0) is 60.8. The summed E-state index contributed by atoms with van der Waals surface area (Å²) in [6.45, 7) is 0. The molecular formula is C83H47N9O. The summed E-state index contributed by atoms with van der Waals surface area (Å²) in [5.41, 5.74) is 20.4. The van der Waals surface area contributed by atoms with Crippen LogP contribution in [-0.2, 0) is 5.41 Å². The molecule has 0 saturated carbocycles. The summed E-state index contributed by atoms with van der Waals surface area (Å²) in [6.07, 6.45) is 7.93. The van der Waals surface area contributed by atoms with Crippen molar-refractivity contribution >= 4 is 109 Å². The predicted molar refractivity (Wildman–Crippen MR) is 374 cm³/mol. The molecule has 93 heavy (non-hydrogen) atoms. The number of ether oxygens (including phenoxy) is 1. The number of para-hydroxylation sites is 7. The molecule has 0 atom stereocenters. The Morgan fingerprint density at radius 1 is 0.290 bits per heavy atom. The van der Waals surface area contributed by atoms with Crippen LogP contribution in [0.15, 0.2) is 286 Å². The molecule has 10 nitrogen and oxygen atoms in total. The topological polar surface area (TPSA) is 96.3 Å². The number of benzene rings is 11. The molecule has 1 aliphatic carbocycles. The van der Waals surface area contributed by atoms with Gasteiger partial charge in [-0.25, -0.2) is 0 Å². The van der Waals surface area contributed by atoms with Crippen molar-refractivity contribution in [3.8, 4) is 57.4 Å². The molecule has 19 aromatic rings. The Labute approximate surface area is 530 Å². The first kappa shape index (κ1) is 50.1. The van der Waals surface area contributed by atoms with Gasteiger partial charge in [0.15, 0.2) is 0 Å². The maximum Gasteiger partial charge on any atom is 0.132 e. The predicted octanol–water partition coefficient (Wildman–Crippen LogP) is 19.7. The lowest BCUT2D eigenvalue weighted by Gasteiger charge is -2.39. The number of hydrogen-bond donors (Lipinski definition) is 0. The minimum Gasteiger partial charge on any atom is -0.457 e. The third kappa shape index (κ3) is 6.60. The summed E-state index contributed by atoms with van der Waals surface area (Å²) in [5.74, 6) is 1.45. The van der Waals surface area contributed by atoms with Gasteiger partial charge in [0.25, 0.3) is 0 Å². The van der Waals surface area contributed by atoms with Crippen molar-refractivity contribution in [1.29, 1.82) is 5.26 Å². The van der Waals surface area contributed by atoms with E-state index in [1.807, 2.05) is 36.9 Å². The summed E-state index contributed by atoms with van der Waals surface area (Å²) < 4.78 is 19.3. The first-order chi connectivity index (χ1) is 46.1. The molecule has 0 fully saturated rings. The summed E-state index contributed by atoms with van der Waals surface area (Å²) in [7, 11) is 0. The second kappa shape index (κ2) is 18.4. The van der Waals surface area contributed by atoms with E-state index in [-0.39, 0.29) is 0 Å². The van der Waals surface area contributed by atoms with Gasteiger partial charge in [0.1, 0.15) is 11.5 Å². The molecule has 10 heteroatoms. The van der Waals surface area contributed by atoms with Gasteiger partial charge in [0.2, 0.25) is 0 Å². The smallest absolute Gasteiger partial charge is 0.132 e. The molecule has 2 aliphatic rings. The lowest BCUT2D eigenvalue weighted by atomic mass is 9.66. The lowest BCUT2D eigenvalue weighted by Crippen LogP contribution is -2.33. The molecule has 1 aliphatic heterocycles. The van der Waals surface area contributed by atoms with Crippen LogP contribution in [0.2, 0.25) is 0 Å². The van der Waals surface area contributed by atoms with E-state index in [1.54, 1.807) is 0 Å². The first-order valence-corrected chi connectivity index (χ1v) is 31.4. The van der Waals surface area contributed by atoms with Crippen LogP contribution in [0.4, 0.5) is 0 Å². The molecule has 1 spiro atoms. The van der Waals surface area contributed by atoms with E-state index in [0.29, 0.717) is 5.56 Å². The molecule has 11 aromatic carbocycles. The van der Waals surface area contributed by atoms with Crippen LogP contribution in [0.25, 0.3) is 149 Å². The Morgan fingerprint density at radius 3 is 1.06 bits per heavy atom. The van der Waals surface area contributed by atoms with Crippen molar-refractivity contribution in [2.24, 2.45) is 0 Å². The maximum absolute atomic E-state index is 10.3. The molecule has 0 saturated heterocycles. The van der Waals surface area contributed by atoms with E-state index in [2.05, 4.69) is 283 Å². The number of nitriles is 1. The van der Waals surface area contributed by atoms with Crippen LogP contribution in [0.5, 0.6) is 11.5 Å². The SMILES string of the molecule is N#Cc1ccc2c(c1)c1ccccc1n2-c1ccc2c(c1)C1(c3cc(-n4c5ccccc5c5cc(-n6c7ccccc7c7ccncc76)ccc54)ccc3O2)c2cc(-n3c4ccccc4c4ccccc43)cnc2-c2ncc(-n3c4ccccc4c4ccccc43)cc21. The Kier molecular flexibility index (Phi) is 9.90. The zero-order valence-electron chi connectivity index (χ0n) is 49.6. The van der Waals surface area contributed by atoms with E-state index in [9.17, 15) is 5.26 Å². The molecule has 0 bridgehead atoms. The van der Waals surface area contributed by atoms with Crippen molar-refractivity contribution < 1.29 is 4.74 Å². The van der Waals surface area contributed by atoms with Crippen LogP contribution < -0.4 is 4.74 Å². The van der Waals surface area contributed by atoms with E-state index in [1.165, 1.54) is 26.9 Å². The lowest BCUT2D eigenvalue weighted by molar-refractivity contribution is 0.436. The highest BCUT2D eigenvalue weighted by atomic mass is 16.5. The van der Waals surface area contributed by atoms with E-state index >= 15 is 0 Å². The average molecular weight is 1190 g/mol. The van der Waals surface area contributed by atoms with Crippen LogP contribution in [0, 0.1) is 11.3 Å². The maximum atomic E-state index is 10.3. The van der Waals surface area contributed by atoms with Crippen LogP contribution >= 0.6 is 0 Å². The largest absolute Gasteiger partial charge is 0.457 e. The fourth-order valence-corrected chi connectivity index (χ4v) is 16.4. The van der Waals surface area contributed by atoms with Gasteiger partial charge in [-0.1, -0.05) is 127 Å². The summed E-state index contributed by atoms with van der Waals surface area (Å²) in [5, 5.41) is 21.6. The van der Waals surface area contributed by atoms with E-state index < -0.39 is 5.41 Å². The third-order valence-electron chi connectivity index (χ3n) is 20.1. The number of nitrogens with zero attached hydrogens (tertiary/aromatic N) is 9. The van der Waals surface area contributed by atoms with Crippen molar-refractivity contribution in [3.63, 3.8) is 0 Å². The van der Waals surface area contributed by atoms with Gasteiger partial charge in [0, 0.05) is 99.4 Å². The summed E-state index contributed by atoms with van der Waals surface area (Å²) >= 11 is 0. The minimum atomic E-state index is -1.13.